The summed E-state index contributed by atoms with van der Waals surface area (Å²) in [6, 6.07) is 0.711. The van der Waals surface area contributed by atoms with Gasteiger partial charge in [-0.05, 0) is 43.2 Å². The topological polar surface area (TPSA) is 208 Å². The summed E-state index contributed by atoms with van der Waals surface area (Å²) < 4.78 is 45.1. The van der Waals surface area contributed by atoms with Crippen LogP contribution in [0.2, 0.25) is 0 Å². The van der Waals surface area contributed by atoms with Gasteiger partial charge in [-0.15, -0.1) is 0 Å². The first kappa shape index (κ1) is 34.1. The predicted molar refractivity (Wildman–Crippen MR) is 152 cm³/mol. The van der Waals surface area contributed by atoms with Crippen molar-refractivity contribution in [3.63, 3.8) is 0 Å². The lowest BCUT2D eigenvalue weighted by atomic mass is 10.00. The van der Waals surface area contributed by atoms with Crippen LogP contribution in [0.25, 0.3) is 11.0 Å². The predicted octanol–water partition coefficient (Wildman–Crippen LogP) is 1.80. The van der Waals surface area contributed by atoms with Gasteiger partial charge in [0.2, 0.25) is 17.7 Å². The van der Waals surface area contributed by atoms with Crippen molar-refractivity contribution in [2.24, 2.45) is 34.0 Å². The minimum atomic E-state index is -4.80. The zero-order chi connectivity index (χ0) is 31.8. The zero-order valence-electron chi connectivity index (χ0n) is 23.9. The Balaban J connectivity index is 2.32. The summed E-state index contributed by atoms with van der Waals surface area (Å²) in [5.41, 5.74) is 13.9. The first-order valence-electron chi connectivity index (χ1n) is 13.4. The molecule has 0 aliphatic heterocycles. The van der Waals surface area contributed by atoms with Crippen molar-refractivity contribution in [1.82, 2.24) is 10.6 Å². The molecule has 3 atom stereocenters. The molecule has 0 radical (unpaired) electrons. The summed E-state index contributed by atoms with van der Waals surface area (Å²) in [6.07, 6.45) is -4.19. The van der Waals surface area contributed by atoms with Crippen LogP contribution in [0, 0.1) is 11.8 Å². The van der Waals surface area contributed by atoms with Gasteiger partial charge in [0, 0.05) is 29.8 Å². The molecule has 2 aromatic rings. The minimum absolute atomic E-state index is 0.000637. The molecule has 9 N–H and O–H groups in total. The van der Waals surface area contributed by atoms with Crippen LogP contribution in [0.5, 0.6) is 0 Å². The van der Waals surface area contributed by atoms with Crippen molar-refractivity contribution >= 4 is 40.3 Å². The highest BCUT2D eigenvalue weighted by atomic mass is 19.4. The van der Waals surface area contributed by atoms with Crippen LogP contribution >= 0.6 is 0 Å². The average molecular weight is 598 g/mol. The number of hydrogen-bond acceptors (Lipinski definition) is 7. The number of carbonyl (C=O) groups excluding carboxylic acids is 3. The maximum atomic E-state index is 13.4. The van der Waals surface area contributed by atoms with Crippen LogP contribution in [0.3, 0.4) is 0 Å². The lowest BCUT2D eigenvalue weighted by Gasteiger charge is -2.26. The van der Waals surface area contributed by atoms with Crippen LogP contribution in [0.15, 0.2) is 38.5 Å². The lowest BCUT2D eigenvalue weighted by molar-refractivity contribution is -0.136. The van der Waals surface area contributed by atoms with Crippen molar-refractivity contribution in [2.75, 3.05) is 11.9 Å². The van der Waals surface area contributed by atoms with Crippen molar-refractivity contribution < 1.29 is 32.0 Å². The van der Waals surface area contributed by atoms with E-state index >= 15 is 0 Å². The van der Waals surface area contributed by atoms with Crippen LogP contribution in [0.4, 0.5) is 18.9 Å². The van der Waals surface area contributed by atoms with Gasteiger partial charge in [-0.1, -0.05) is 27.7 Å². The minimum Gasteiger partial charge on any atom is -0.423 e. The monoisotopic (exact) mass is 597 g/mol. The Labute approximate surface area is 240 Å². The smallest absolute Gasteiger partial charge is 0.417 e. The number of carbonyl (C=O) groups is 3. The third-order valence-electron chi connectivity index (χ3n) is 6.26. The summed E-state index contributed by atoms with van der Waals surface area (Å²) >= 11 is 0. The molecule has 1 heterocycles. The molecule has 0 fully saturated rings. The summed E-state index contributed by atoms with van der Waals surface area (Å²) in [6.45, 7) is 7.40. The molecule has 1 aromatic carbocycles. The molecule has 0 aliphatic carbocycles. The third-order valence-corrected chi connectivity index (χ3v) is 6.26. The van der Waals surface area contributed by atoms with Gasteiger partial charge >= 0.3 is 11.8 Å². The Kier molecular flexibility index (Phi) is 11.9. The highest BCUT2D eigenvalue weighted by molar-refractivity contribution is 5.99. The van der Waals surface area contributed by atoms with E-state index in [4.69, 9.17) is 21.6 Å². The van der Waals surface area contributed by atoms with Crippen molar-refractivity contribution in [3.05, 3.63) is 40.2 Å². The summed E-state index contributed by atoms with van der Waals surface area (Å²) in [7, 11) is 0. The van der Waals surface area contributed by atoms with Crippen molar-refractivity contribution in [3.8, 4) is 0 Å². The van der Waals surface area contributed by atoms with E-state index in [1.807, 2.05) is 13.8 Å². The van der Waals surface area contributed by atoms with E-state index in [0.29, 0.717) is 6.07 Å². The van der Waals surface area contributed by atoms with E-state index in [2.05, 4.69) is 20.9 Å². The molecule has 0 bridgehead atoms. The van der Waals surface area contributed by atoms with Gasteiger partial charge in [0.25, 0.3) is 0 Å². The Morgan fingerprint density at radius 3 is 2.19 bits per heavy atom. The van der Waals surface area contributed by atoms with E-state index in [1.54, 1.807) is 13.8 Å². The number of hydrogen-bond donors (Lipinski definition) is 6. The second-order valence-electron chi connectivity index (χ2n) is 10.6. The maximum Gasteiger partial charge on any atom is 0.417 e. The number of halogens is 3. The fourth-order valence-electron chi connectivity index (χ4n) is 4.02. The summed E-state index contributed by atoms with van der Waals surface area (Å²) in [5.74, 6) is -2.20. The van der Waals surface area contributed by atoms with Gasteiger partial charge in [-0.3, -0.25) is 19.4 Å². The number of anilines is 1. The van der Waals surface area contributed by atoms with E-state index in [9.17, 15) is 32.3 Å². The first-order valence-corrected chi connectivity index (χ1v) is 13.4. The molecular weight excluding hydrogens is 559 g/mol. The Morgan fingerprint density at radius 2 is 1.62 bits per heavy atom. The normalized spacial score (nSPS) is 13.9. The number of nitrogens with zero attached hydrogens (tertiary/aromatic N) is 1. The Morgan fingerprint density at radius 1 is 0.976 bits per heavy atom. The van der Waals surface area contributed by atoms with Gasteiger partial charge in [0.15, 0.2) is 5.96 Å². The molecule has 2 rings (SSSR count). The second-order valence-corrected chi connectivity index (χ2v) is 10.6. The first-order chi connectivity index (χ1) is 19.5. The SMILES string of the molecule is CC(C)C[C@H](NC(=O)[C@H](N)C(C)C)C(=O)N[C@@H](CCCN=C(N)N)C(=O)Nc1ccc2c(C(F)(F)F)cc(=O)oc2c1. The average Bonchev–Trinajstić information content (AvgIpc) is 2.87. The van der Waals surface area contributed by atoms with Gasteiger partial charge in [-0.2, -0.15) is 13.2 Å². The molecule has 232 valence electrons. The van der Waals surface area contributed by atoms with E-state index < -0.39 is 53.2 Å². The number of alkyl halides is 3. The van der Waals surface area contributed by atoms with Gasteiger partial charge in [0.1, 0.15) is 17.7 Å². The Bertz CT molecular complexity index is 1350. The zero-order valence-corrected chi connectivity index (χ0v) is 23.9. The number of fused-ring (bicyclic) bond motifs is 1. The molecule has 1 aromatic heterocycles. The van der Waals surface area contributed by atoms with Crippen LogP contribution in [-0.2, 0) is 20.6 Å². The molecule has 0 spiro atoms. The molecule has 3 amide bonds. The Hall–Kier alpha value is -4.14. The summed E-state index contributed by atoms with van der Waals surface area (Å²) in [5, 5.41) is 7.46. The highest BCUT2D eigenvalue weighted by Crippen LogP contribution is 2.34. The van der Waals surface area contributed by atoms with Crippen molar-refractivity contribution in [1.29, 1.82) is 0 Å². The fourth-order valence-corrected chi connectivity index (χ4v) is 4.02. The number of nitrogens with two attached hydrogens (primary N) is 3. The molecule has 15 heteroatoms. The number of benzene rings is 1. The third kappa shape index (κ3) is 10.0. The quantitative estimate of drug-likeness (QED) is 0.0866. The largest absolute Gasteiger partial charge is 0.423 e. The molecule has 12 nitrogen and oxygen atoms in total. The number of aliphatic imine (C=N–C) groups is 1. The number of rotatable bonds is 13. The molecule has 0 saturated heterocycles. The second kappa shape index (κ2) is 14.7. The molecule has 0 unspecified atom stereocenters. The molecule has 42 heavy (non-hydrogen) atoms. The van der Waals surface area contributed by atoms with Crippen LogP contribution < -0.4 is 38.8 Å². The number of amides is 3. The molecule has 0 saturated carbocycles. The number of guanidine groups is 1. The maximum absolute atomic E-state index is 13.4. The van der Waals surface area contributed by atoms with E-state index in [0.717, 1.165) is 12.1 Å². The standard InChI is InChI=1S/C27H38F3N7O5/c1-13(2)10-19(37-25(41)22(31)14(3)4)24(40)36-18(6-5-9-34-26(32)33)23(39)35-15-7-8-16-17(27(28,29)30)12-21(38)42-20(16)11-15/h7-8,11-14,18-19,22H,5-6,9-10,31H2,1-4H3,(H,35,39)(H,36,40)(H,37,41)(H4,32,33,34)/t18-,19-,22+/m0/s1. The lowest BCUT2D eigenvalue weighted by Crippen LogP contribution is -2.56. The highest BCUT2D eigenvalue weighted by Gasteiger charge is 2.34. The van der Waals surface area contributed by atoms with Gasteiger partial charge in [-0.25, -0.2) is 4.79 Å². The summed E-state index contributed by atoms with van der Waals surface area (Å²) in [4.78, 5) is 54.8. The number of nitrogens with one attached hydrogen (secondary N) is 3. The van der Waals surface area contributed by atoms with E-state index in [1.165, 1.54) is 6.07 Å². The molecule has 0 aliphatic rings. The van der Waals surface area contributed by atoms with Crippen LogP contribution in [-0.4, -0.2) is 48.4 Å². The fraction of sp³-hybridized carbons (Fsp3) is 0.519. The molecular formula is C27H38F3N7O5. The van der Waals surface area contributed by atoms with Gasteiger partial charge in [0.05, 0.1) is 11.6 Å². The van der Waals surface area contributed by atoms with E-state index in [-0.39, 0.29) is 60.3 Å². The van der Waals surface area contributed by atoms with Crippen LogP contribution in [0.1, 0.15) is 52.5 Å². The van der Waals surface area contributed by atoms with Gasteiger partial charge < -0.3 is 37.6 Å². The van der Waals surface area contributed by atoms with Crippen molar-refractivity contribution in [2.45, 2.75) is 71.3 Å².